The van der Waals surface area contributed by atoms with E-state index in [9.17, 15) is 4.79 Å². The molecular weight excluding hydrogens is 410 g/mol. The Bertz CT molecular complexity index is 1100. The first-order chi connectivity index (χ1) is 14.1. The third-order valence-corrected chi connectivity index (χ3v) is 5.29. The van der Waals surface area contributed by atoms with Crippen molar-refractivity contribution in [1.29, 1.82) is 0 Å². The fourth-order valence-corrected chi connectivity index (χ4v) is 3.59. The van der Waals surface area contributed by atoms with E-state index in [1.165, 1.54) is 18.0 Å². The van der Waals surface area contributed by atoms with E-state index in [0.717, 1.165) is 5.69 Å². The molecule has 146 valence electrons. The molecule has 1 aromatic carbocycles. The molecule has 0 saturated heterocycles. The molecule has 1 amide bonds. The van der Waals surface area contributed by atoms with Gasteiger partial charge in [0.1, 0.15) is 5.82 Å². The highest BCUT2D eigenvalue weighted by molar-refractivity contribution is 8.00. The number of aromatic nitrogens is 4. The Balaban J connectivity index is 1.59. The van der Waals surface area contributed by atoms with Crippen LogP contribution in [0.5, 0.6) is 0 Å². The summed E-state index contributed by atoms with van der Waals surface area (Å²) in [6.07, 6.45) is 3.07. The van der Waals surface area contributed by atoms with Crippen molar-refractivity contribution >= 4 is 35.1 Å². The highest BCUT2D eigenvalue weighted by atomic mass is 35.5. The Morgan fingerprint density at radius 3 is 2.66 bits per heavy atom. The lowest BCUT2D eigenvalue weighted by molar-refractivity contribution is -0.115. The van der Waals surface area contributed by atoms with E-state index < -0.39 is 5.25 Å². The van der Waals surface area contributed by atoms with Gasteiger partial charge in [-0.05, 0) is 43.3 Å². The number of nitrogens with zero attached hydrogens (tertiary/aromatic N) is 4. The van der Waals surface area contributed by atoms with Crippen LogP contribution in [0.1, 0.15) is 6.92 Å². The van der Waals surface area contributed by atoms with E-state index in [4.69, 9.17) is 16.0 Å². The summed E-state index contributed by atoms with van der Waals surface area (Å²) < 4.78 is 7.37. The maximum absolute atomic E-state index is 12.6. The lowest BCUT2D eigenvalue weighted by atomic mass is 10.3. The Hall–Kier alpha value is -3.10. The van der Waals surface area contributed by atoms with Gasteiger partial charge in [-0.3, -0.25) is 9.36 Å². The number of anilines is 1. The molecule has 0 unspecified atom stereocenters. The Kier molecular flexibility index (Phi) is 5.64. The molecule has 0 fully saturated rings. The van der Waals surface area contributed by atoms with Crippen LogP contribution in [0.25, 0.3) is 17.3 Å². The topological polar surface area (TPSA) is 85.8 Å². The van der Waals surface area contributed by atoms with Gasteiger partial charge in [0.05, 0.1) is 16.5 Å². The first kappa shape index (κ1) is 19.2. The average molecular weight is 426 g/mol. The molecule has 29 heavy (non-hydrogen) atoms. The fourth-order valence-electron chi connectivity index (χ4n) is 2.61. The Morgan fingerprint density at radius 2 is 1.97 bits per heavy atom. The summed E-state index contributed by atoms with van der Waals surface area (Å²) in [6, 6.07) is 16.6. The summed E-state index contributed by atoms with van der Waals surface area (Å²) in [7, 11) is 0. The summed E-state index contributed by atoms with van der Waals surface area (Å²) in [5, 5.41) is 12.0. The first-order valence-corrected chi connectivity index (χ1v) is 10.0. The van der Waals surface area contributed by atoms with Crippen LogP contribution in [0.15, 0.2) is 76.6 Å². The molecule has 0 aliphatic heterocycles. The van der Waals surface area contributed by atoms with E-state index in [1.54, 1.807) is 31.4 Å². The fraction of sp³-hybridized carbons (Fsp3) is 0.100. The third kappa shape index (κ3) is 4.33. The molecule has 0 saturated carbocycles. The molecule has 0 radical (unpaired) electrons. The second-order valence-electron chi connectivity index (χ2n) is 6.07. The summed E-state index contributed by atoms with van der Waals surface area (Å²) in [5.41, 5.74) is 0.873. The number of rotatable bonds is 6. The Labute approximate surface area is 176 Å². The van der Waals surface area contributed by atoms with Crippen molar-refractivity contribution < 1.29 is 9.21 Å². The van der Waals surface area contributed by atoms with Gasteiger partial charge in [0.15, 0.2) is 10.9 Å². The zero-order chi connectivity index (χ0) is 20.2. The van der Waals surface area contributed by atoms with Gasteiger partial charge in [-0.25, -0.2) is 4.98 Å². The van der Waals surface area contributed by atoms with E-state index in [1.807, 2.05) is 41.0 Å². The van der Waals surface area contributed by atoms with Crippen LogP contribution in [0.2, 0.25) is 5.02 Å². The summed E-state index contributed by atoms with van der Waals surface area (Å²) in [5.74, 6) is 1.39. The molecule has 1 N–H and O–H groups in total. The third-order valence-electron chi connectivity index (χ3n) is 4.02. The summed E-state index contributed by atoms with van der Waals surface area (Å²) >= 11 is 7.13. The van der Waals surface area contributed by atoms with Gasteiger partial charge in [0, 0.05) is 11.9 Å². The standard InChI is InChI=1S/C20H16ClN5O2S/c1-13(19(27)23-17-10-9-14(21)12-22-17)29-20-25-24-18(16-8-5-11-28-16)26(20)15-6-3-2-4-7-15/h2-13H,1H3,(H,22,23,27)/t13-/m0/s1. The SMILES string of the molecule is C[C@H](Sc1nnc(-c2ccco2)n1-c1ccccc1)C(=O)Nc1ccc(Cl)cn1. The molecular formula is C20H16ClN5O2S. The predicted octanol–water partition coefficient (Wildman–Crippen LogP) is 4.70. The van der Waals surface area contributed by atoms with Crippen molar-refractivity contribution in [1.82, 2.24) is 19.7 Å². The number of nitrogens with one attached hydrogen (secondary N) is 1. The van der Waals surface area contributed by atoms with E-state index in [0.29, 0.717) is 27.6 Å². The number of pyridine rings is 1. The lowest BCUT2D eigenvalue weighted by Crippen LogP contribution is -2.23. The quantitative estimate of drug-likeness (QED) is 0.451. The van der Waals surface area contributed by atoms with E-state index in [2.05, 4.69) is 20.5 Å². The molecule has 7 nitrogen and oxygen atoms in total. The van der Waals surface area contributed by atoms with Crippen LogP contribution in [-0.4, -0.2) is 30.9 Å². The zero-order valence-corrected chi connectivity index (χ0v) is 16.9. The average Bonchev–Trinajstić information content (AvgIpc) is 3.40. The number of carbonyl (C=O) groups is 1. The largest absolute Gasteiger partial charge is 0.461 e. The highest BCUT2D eigenvalue weighted by Crippen LogP contribution is 2.30. The number of hydrogen-bond acceptors (Lipinski definition) is 6. The minimum absolute atomic E-state index is 0.202. The first-order valence-electron chi connectivity index (χ1n) is 8.75. The summed E-state index contributed by atoms with van der Waals surface area (Å²) in [6.45, 7) is 1.80. The minimum Gasteiger partial charge on any atom is -0.461 e. The van der Waals surface area contributed by atoms with E-state index >= 15 is 0 Å². The minimum atomic E-state index is -0.441. The highest BCUT2D eigenvalue weighted by Gasteiger charge is 2.23. The molecule has 0 aliphatic rings. The van der Waals surface area contributed by atoms with Gasteiger partial charge in [-0.1, -0.05) is 41.6 Å². The van der Waals surface area contributed by atoms with Gasteiger partial charge in [-0.2, -0.15) is 0 Å². The zero-order valence-electron chi connectivity index (χ0n) is 15.3. The van der Waals surface area contributed by atoms with Crippen LogP contribution in [0.4, 0.5) is 5.82 Å². The van der Waals surface area contributed by atoms with Gasteiger partial charge < -0.3 is 9.73 Å². The van der Waals surface area contributed by atoms with Crippen LogP contribution in [0, 0.1) is 0 Å². The Morgan fingerprint density at radius 1 is 1.14 bits per heavy atom. The number of para-hydroxylation sites is 1. The second kappa shape index (κ2) is 8.50. The number of thioether (sulfide) groups is 1. The molecule has 4 rings (SSSR count). The van der Waals surface area contributed by atoms with Crippen LogP contribution >= 0.6 is 23.4 Å². The van der Waals surface area contributed by atoms with Crippen LogP contribution < -0.4 is 5.32 Å². The monoisotopic (exact) mass is 425 g/mol. The van der Waals surface area contributed by atoms with Gasteiger partial charge in [0.25, 0.3) is 0 Å². The number of hydrogen-bond donors (Lipinski definition) is 1. The number of amides is 1. The molecule has 0 aliphatic carbocycles. The van der Waals surface area contributed by atoms with Crippen LogP contribution in [-0.2, 0) is 4.79 Å². The molecule has 1 atom stereocenters. The summed E-state index contributed by atoms with van der Waals surface area (Å²) in [4.78, 5) is 16.7. The maximum Gasteiger partial charge on any atom is 0.238 e. The normalized spacial score (nSPS) is 11.9. The second-order valence-corrected chi connectivity index (χ2v) is 7.81. The number of halogens is 1. The van der Waals surface area contributed by atoms with Crippen molar-refractivity contribution in [2.75, 3.05) is 5.32 Å². The molecule has 9 heteroatoms. The van der Waals surface area contributed by atoms with Crippen molar-refractivity contribution in [2.24, 2.45) is 0 Å². The molecule has 0 spiro atoms. The molecule has 3 heterocycles. The maximum atomic E-state index is 12.6. The van der Waals surface area contributed by atoms with Crippen molar-refractivity contribution in [3.05, 3.63) is 72.1 Å². The van der Waals surface area contributed by atoms with E-state index in [-0.39, 0.29) is 5.91 Å². The van der Waals surface area contributed by atoms with Crippen molar-refractivity contribution in [3.63, 3.8) is 0 Å². The van der Waals surface area contributed by atoms with Crippen LogP contribution in [0.3, 0.4) is 0 Å². The van der Waals surface area contributed by atoms with Gasteiger partial charge >= 0.3 is 0 Å². The van der Waals surface area contributed by atoms with Gasteiger partial charge in [0.2, 0.25) is 11.7 Å². The number of furan rings is 1. The molecule has 4 aromatic rings. The molecule has 3 aromatic heterocycles. The lowest BCUT2D eigenvalue weighted by Gasteiger charge is -2.13. The van der Waals surface area contributed by atoms with Gasteiger partial charge in [-0.15, -0.1) is 10.2 Å². The van der Waals surface area contributed by atoms with Crippen molar-refractivity contribution in [2.45, 2.75) is 17.3 Å². The predicted molar refractivity (Wildman–Crippen MR) is 112 cm³/mol. The number of benzene rings is 1. The number of carbonyl (C=O) groups excluding carboxylic acids is 1. The van der Waals surface area contributed by atoms with Crippen molar-refractivity contribution in [3.8, 4) is 17.3 Å². The smallest absolute Gasteiger partial charge is 0.238 e. The molecule has 0 bridgehead atoms.